The highest BCUT2D eigenvalue weighted by molar-refractivity contribution is 6.23. The average Bonchev–Trinajstić information content (AvgIpc) is 0.738. The van der Waals surface area contributed by atoms with Gasteiger partial charge >= 0.3 is 0 Å². The monoisotopic (exact) mass is 1600 g/mol. The molecule has 0 saturated heterocycles. The molecule has 0 fully saturated rings. The zero-order chi connectivity index (χ0) is 84.1. The summed E-state index contributed by atoms with van der Waals surface area (Å²) >= 11 is 0. The molecule has 3 aromatic heterocycles. The number of rotatable bonds is 9. The zero-order valence-electron chi connectivity index (χ0n) is 68.3. The van der Waals surface area contributed by atoms with E-state index in [2.05, 4.69) is 382 Å². The topological polar surface area (TPSA) is 110 Å². The van der Waals surface area contributed by atoms with E-state index in [1.54, 1.807) is 0 Å². The summed E-state index contributed by atoms with van der Waals surface area (Å²) in [6, 6.07) is 160. The van der Waals surface area contributed by atoms with Gasteiger partial charge in [0.1, 0.15) is 0 Å². The first-order chi connectivity index (χ1) is 62.4. The van der Waals surface area contributed by atoms with Gasteiger partial charge in [0.2, 0.25) is 0 Å². The minimum absolute atomic E-state index is 0.616. The van der Waals surface area contributed by atoms with E-state index in [1.807, 2.05) is 72.8 Å². The Kier molecular flexibility index (Phi) is 19.0. The summed E-state index contributed by atoms with van der Waals surface area (Å²) in [5.74, 6) is 0. The summed E-state index contributed by atoms with van der Waals surface area (Å²) in [7, 11) is 0. The molecule has 0 atom stereocenters. The third-order valence-electron chi connectivity index (χ3n) is 24.9. The van der Waals surface area contributed by atoms with Crippen molar-refractivity contribution in [3.63, 3.8) is 0 Å². The molecule has 0 amide bonds. The Hall–Kier alpha value is -17.3. The van der Waals surface area contributed by atoms with Gasteiger partial charge in [-0.2, -0.15) is 15.8 Å². The van der Waals surface area contributed by atoms with Crippen LogP contribution in [0.1, 0.15) is 16.7 Å². The molecule has 0 spiro atoms. The lowest BCUT2D eigenvalue weighted by atomic mass is 9.88. The highest BCUT2D eigenvalue weighted by atomic mass is 14.7. The van der Waals surface area contributed by atoms with Crippen LogP contribution < -0.4 is 0 Å². The normalized spacial score (nSPS) is 11.3. The van der Waals surface area contributed by atoms with E-state index in [9.17, 15) is 15.8 Å². The Morgan fingerprint density at radius 2 is 0.405 bits per heavy atom. The van der Waals surface area contributed by atoms with Crippen LogP contribution in [0.3, 0.4) is 0 Å². The van der Waals surface area contributed by atoms with Crippen molar-refractivity contribution in [1.29, 1.82) is 15.8 Å². The van der Waals surface area contributed by atoms with Crippen LogP contribution in [-0.4, -0.2) is 15.0 Å². The van der Waals surface area contributed by atoms with E-state index < -0.39 is 0 Å². The van der Waals surface area contributed by atoms with Crippen LogP contribution in [0.25, 0.3) is 230 Å². The number of fused-ring (bicyclic) bond motifs is 15. The fourth-order valence-electron chi connectivity index (χ4n) is 19.0. The van der Waals surface area contributed by atoms with Crippen molar-refractivity contribution in [1.82, 2.24) is 15.0 Å². The van der Waals surface area contributed by atoms with Crippen molar-refractivity contribution in [3.8, 4) is 119 Å². The number of hydrogen-bond acceptors (Lipinski definition) is 6. The van der Waals surface area contributed by atoms with Gasteiger partial charge in [-0.25, -0.2) is 15.0 Å². The molecule has 21 aromatic carbocycles. The number of aromatic nitrogens is 3. The van der Waals surface area contributed by atoms with Crippen LogP contribution in [-0.2, 0) is 0 Å². The van der Waals surface area contributed by atoms with Crippen molar-refractivity contribution in [2.24, 2.45) is 0 Å². The van der Waals surface area contributed by atoms with E-state index in [4.69, 9.17) is 15.0 Å². The molecule has 3 heterocycles. The van der Waals surface area contributed by atoms with Crippen LogP contribution in [0.5, 0.6) is 0 Å². The Morgan fingerprint density at radius 1 is 0.151 bits per heavy atom. The van der Waals surface area contributed by atoms with Crippen molar-refractivity contribution >= 4 is 130 Å². The van der Waals surface area contributed by atoms with Crippen LogP contribution in [0.4, 0.5) is 0 Å². The predicted molar refractivity (Wildman–Crippen MR) is 526 cm³/mol. The van der Waals surface area contributed by atoms with Gasteiger partial charge in [0, 0.05) is 49.0 Å². The minimum atomic E-state index is 0.616. The zero-order valence-corrected chi connectivity index (χ0v) is 68.3. The number of nitriles is 3. The van der Waals surface area contributed by atoms with Crippen LogP contribution in [0, 0.1) is 34.0 Å². The molecular formula is C120H72N6. The second-order valence-corrected chi connectivity index (χ2v) is 32.0. The molecule has 582 valence electrons. The Morgan fingerprint density at radius 3 is 0.738 bits per heavy atom. The maximum atomic E-state index is 9.96. The standard InChI is InChI=1S/3C40H24N2/c41-25-28-13-3-6-18-31(28)39-24-37(33-22-10-15-27-12-2-5-17-30(27)33)38-23-36(34-19-7-8-20-35(34)40(38)42-39)32-21-9-14-26-11-1-4-16-29(26)32;41-25-26-10-7-15-29(22-26)39-24-37(33-21-9-14-28-12-2-4-17-31(28)33)38-23-36(34-18-5-6-19-35(34)40(38)42-39)32-20-8-13-27-11-1-3-16-30(27)32;41-25-26-19-21-29(22-20-26)39-24-37(33-18-8-12-28-10-2-4-14-31(28)33)38-23-36(34-15-5-6-16-35(34)40(38)42-39)32-17-7-11-27-9-1-3-13-30(27)32/h3*1-24H. The van der Waals surface area contributed by atoms with Gasteiger partial charge in [-0.3, -0.25) is 0 Å². The molecule has 0 N–H and O–H groups in total. The van der Waals surface area contributed by atoms with Crippen LogP contribution >= 0.6 is 0 Å². The lowest BCUT2D eigenvalue weighted by Gasteiger charge is -2.17. The summed E-state index contributed by atoms with van der Waals surface area (Å²) < 4.78 is 0. The number of nitrogens with zero attached hydrogens (tertiary/aromatic N) is 6. The Bertz CT molecular complexity index is 8690. The molecule has 24 aromatic rings. The van der Waals surface area contributed by atoms with Crippen molar-refractivity contribution in [2.75, 3.05) is 0 Å². The SMILES string of the molecule is N#Cc1ccc(-c2cc(-c3cccc4ccccc34)c3cc(-c4cccc5ccccc45)c4ccccc4c3n2)cc1.N#Cc1cccc(-c2cc(-c3cccc4ccccc34)c3cc(-c4cccc5ccccc45)c4ccccc4c3n2)c1.N#Cc1ccccc1-c1cc(-c2cccc3ccccc23)c2cc(-c3cccc4ccccc34)c3ccccc3c2n1. The smallest absolute Gasteiger partial charge is 0.0998 e. The molecule has 24 rings (SSSR count). The van der Waals surface area contributed by atoms with Crippen molar-refractivity contribution in [2.45, 2.75) is 0 Å². The highest BCUT2D eigenvalue weighted by Gasteiger charge is 2.24. The first-order valence-corrected chi connectivity index (χ1v) is 42.4. The number of pyridine rings is 3. The van der Waals surface area contributed by atoms with Gasteiger partial charge in [0.15, 0.2) is 0 Å². The molecule has 6 nitrogen and oxygen atoms in total. The van der Waals surface area contributed by atoms with Gasteiger partial charge in [-0.1, -0.05) is 370 Å². The summed E-state index contributed by atoms with van der Waals surface area (Å²) in [5, 5.41) is 53.6. The second kappa shape index (κ2) is 32.0. The molecule has 0 aliphatic carbocycles. The lowest BCUT2D eigenvalue weighted by molar-refractivity contribution is 1.39. The number of benzene rings is 21. The van der Waals surface area contributed by atoms with Gasteiger partial charge in [0.05, 0.1) is 68.5 Å². The summed E-state index contributed by atoms with van der Waals surface area (Å²) in [6.07, 6.45) is 0. The summed E-state index contributed by atoms with van der Waals surface area (Å²) in [4.78, 5) is 15.9. The molecule has 0 radical (unpaired) electrons. The third-order valence-corrected chi connectivity index (χ3v) is 24.9. The molecule has 6 heteroatoms. The molecule has 0 saturated carbocycles. The van der Waals surface area contributed by atoms with Gasteiger partial charge < -0.3 is 0 Å². The van der Waals surface area contributed by atoms with Crippen LogP contribution in [0.2, 0.25) is 0 Å². The fraction of sp³-hybridized carbons (Fsp3) is 0. The molecule has 0 bridgehead atoms. The van der Waals surface area contributed by atoms with E-state index in [0.29, 0.717) is 16.7 Å². The Balaban J connectivity index is 0.000000112. The van der Waals surface area contributed by atoms with E-state index >= 15 is 0 Å². The number of hydrogen-bond donors (Lipinski definition) is 0. The Labute approximate surface area is 727 Å². The van der Waals surface area contributed by atoms with E-state index in [0.717, 1.165) is 116 Å². The first-order valence-electron chi connectivity index (χ1n) is 42.4. The largest absolute Gasteiger partial charge is 0.247 e. The molecular weight excluding hydrogens is 1530 g/mol. The molecule has 126 heavy (non-hydrogen) atoms. The van der Waals surface area contributed by atoms with Crippen LogP contribution in [0.15, 0.2) is 437 Å². The molecule has 0 unspecified atom stereocenters. The second-order valence-electron chi connectivity index (χ2n) is 32.0. The van der Waals surface area contributed by atoms with E-state index in [1.165, 1.54) is 114 Å². The van der Waals surface area contributed by atoms with E-state index in [-0.39, 0.29) is 0 Å². The first kappa shape index (κ1) is 74.9. The maximum Gasteiger partial charge on any atom is 0.0998 e. The maximum absolute atomic E-state index is 9.96. The van der Waals surface area contributed by atoms with Crippen molar-refractivity contribution in [3.05, 3.63) is 453 Å². The molecule has 0 aliphatic rings. The fourth-order valence-corrected chi connectivity index (χ4v) is 19.0. The molecule has 0 aliphatic heterocycles. The predicted octanol–water partition coefficient (Wildman–Crippen LogP) is 31.7. The highest BCUT2D eigenvalue weighted by Crippen LogP contribution is 2.49. The third kappa shape index (κ3) is 13.3. The minimum Gasteiger partial charge on any atom is -0.247 e. The van der Waals surface area contributed by atoms with Gasteiger partial charge in [-0.05, 0) is 214 Å². The average molecular weight is 1600 g/mol. The summed E-state index contributed by atoms with van der Waals surface area (Å²) in [6.45, 7) is 0. The quantitative estimate of drug-likeness (QED) is 0.133. The summed E-state index contributed by atoms with van der Waals surface area (Å²) in [5.41, 5.74) is 24.1. The lowest BCUT2D eigenvalue weighted by Crippen LogP contribution is -1.95. The van der Waals surface area contributed by atoms with Gasteiger partial charge in [-0.15, -0.1) is 0 Å². The van der Waals surface area contributed by atoms with Gasteiger partial charge in [0.25, 0.3) is 0 Å². The van der Waals surface area contributed by atoms with Crippen molar-refractivity contribution < 1.29 is 0 Å².